The lowest BCUT2D eigenvalue weighted by Gasteiger charge is -2.24. The molecule has 1 aliphatic rings. The molecule has 2 N–H and O–H groups in total. The van der Waals surface area contributed by atoms with E-state index in [1.807, 2.05) is 24.3 Å². The minimum Gasteiger partial charge on any atom is -0.322 e. The summed E-state index contributed by atoms with van der Waals surface area (Å²) in [6.45, 7) is 4.60. The Bertz CT molecular complexity index is 1320. The van der Waals surface area contributed by atoms with Crippen molar-refractivity contribution in [1.82, 2.24) is 9.88 Å². The SMILES string of the molecule is CC(C)c1ccc(NC(=O)N2CCC[C@@H]2C(=O)Nc2ccc(-c3ccc(C(=O)C=O)nc3)cc2F)cc1. The molecule has 3 aromatic rings. The third kappa shape index (κ3) is 5.88. The van der Waals surface area contributed by atoms with Crippen molar-refractivity contribution < 1.29 is 23.6 Å². The summed E-state index contributed by atoms with van der Waals surface area (Å²) in [6.07, 6.45) is 2.69. The molecule has 190 valence electrons. The Morgan fingerprint density at radius 1 is 1.03 bits per heavy atom. The topological polar surface area (TPSA) is 108 Å². The molecule has 8 nitrogen and oxygen atoms in total. The molecule has 1 fully saturated rings. The van der Waals surface area contributed by atoms with E-state index in [4.69, 9.17) is 0 Å². The number of halogens is 1. The summed E-state index contributed by atoms with van der Waals surface area (Å²) < 4.78 is 14.8. The van der Waals surface area contributed by atoms with Gasteiger partial charge in [-0.15, -0.1) is 0 Å². The van der Waals surface area contributed by atoms with E-state index >= 15 is 0 Å². The van der Waals surface area contributed by atoms with Gasteiger partial charge < -0.3 is 15.5 Å². The first-order valence-electron chi connectivity index (χ1n) is 12.0. The number of carbonyl (C=O) groups is 4. The first-order valence-corrected chi connectivity index (χ1v) is 12.0. The zero-order chi connectivity index (χ0) is 26.5. The minimum atomic E-state index is -0.741. The Labute approximate surface area is 213 Å². The molecule has 0 unspecified atom stereocenters. The standard InChI is InChI=1S/C28H27FN4O4/c1-17(2)18-5-9-21(10-6-18)31-28(37)33-13-3-4-25(33)27(36)32-23-11-7-19(14-22(23)29)20-8-12-24(30-15-20)26(35)16-34/h5-12,14-17,25H,3-4,13H2,1-2H3,(H,31,37)(H,32,36)/t25-/m1/s1. The molecule has 1 aliphatic heterocycles. The number of ketones is 1. The van der Waals surface area contributed by atoms with Crippen molar-refractivity contribution in [2.45, 2.75) is 38.6 Å². The normalized spacial score (nSPS) is 14.9. The number of nitrogens with one attached hydrogen (secondary N) is 2. The summed E-state index contributed by atoms with van der Waals surface area (Å²) >= 11 is 0. The van der Waals surface area contributed by atoms with Gasteiger partial charge >= 0.3 is 6.03 Å². The summed E-state index contributed by atoms with van der Waals surface area (Å²) in [7, 11) is 0. The van der Waals surface area contributed by atoms with Crippen molar-refractivity contribution >= 4 is 35.4 Å². The molecule has 2 heterocycles. The zero-order valence-electron chi connectivity index (χ0n) is 20.5. The predicted octanol–water partition coefficient (Wildman–Crippen LogP) is 5.03. The summed E-state index contributed by atoms with van der Waals surface area (Å²) in [5, 5.41) is 5.43. The van der Waals surface area contributed by atoms with Gasteiger partial charge in [0.05, 0.1) is 5.69 Å². The van der Waals surface area contributed by atoms with Crippen LogP contribution in [0.5, 0.6) is 0 Å². The number of carbonyl (C=O) groups excluding carboxylic acids is 4. The van der Waals surface area contributed by atoms with Gasteiger partial charge in [-0.1, -0.05) is 38.1 Å². The van der Waals surface area contributed by atoms with Gasteiger partial charge in [-0.05, 0) is 60.2 Å². The van der Waals surface area contributed by atoms with Crippen molar-refractivity contribution in [1.29, 1.82) is 0 Å². The number of hydrogen-bond acceptors (Lipinski definition) is 5. The van der Waals surface area contributed by atoms with E-state index in [-0.39, 0.29) is 23.7 Å². The van der Waals surface area contributed by atoms with Gasteiger partial charge in [0.2, 0.25) is 11.7 Å². The number of likely N-dealkylation sites (tertiary alicyclic amines) is 1. The minimum absolute atomic E-state index is 0.000771. The van der Waals surface area contributed by atoms with Gasteiger partial charge in [0.1, 0.15) is 17.6 Å². The quantitative estimate of drug-likeness (QED) is 0.268. The molecule has 0 radical (unpaired) electrons. The summed E-state index contributed by atoms with van der Waals surface area (Å²) in [5.74, 6) is -1.48. The maximum atomic E-state index is 14.8. The van der Waals surface area contributed by atoms with Crippen LogP contribution in [0.25, 0.3) is 11.1 Å². The molecule has 1 saturated heterocycles. The molecule has 3 amide bonds. The summed E-state index contributed by atoms with van der Waals surface area (Å²) in [6, 6.07) is 13.7. The van der Waals surface area contributed by atoms with Crippen LogP contribution in [-0.2, 0) is 9.59 Å². The highest BCUT2D eigenvalue weighted by Crippen LogP contribution is 2.26. The number of benzene rings is 2. The van der Waals surface area contributed by atoms with Crippen LogP contribution in [-0.4, -0.2) is 46.5 Å². The van der Waals surface area contributed by atoms with Crippen molar-refractivity contribution in [3.8, 4) is 11.1 Å². The number of aromatic nitrogens is 1. The molecule has 1 aromatic heterocycles. The average Bonchev–Trinajstić information content (AvgIpc) is 3.40. The van der Waals surface area contributed by atoms with Crippen LogP contribution in [0.2, 0.25) is 0 Å². The summed E-state index contributed by atoms with van der Waals surface area (Å²) in [5.41, 5.74) is 2.82. The number of Topliss-reactive ketones (excluding diaryl/α,β-unsaturated/α-hetero) is 1. The van der Waals surface area contributed by atoms with Gasteiger partial charge in [-0.2, -0.15) is 0 Å². The van der Waals surface area contributed by atoms with Gasteiger partial charge in [0, 0.05) is 24.0 Å². The first-order chi connectivity index (χ1) is 17.8. The number of urea groups is 1. The number of amides is 3. The van der Waals surface area contributed by atoms with Gasteiger partial charge in [-0.25, -0.2) is 9.18 Å². The highest BCUT2D eigenvalue weighted by atomic mass is 19.1. The van der Waals surface area contributed by atoms with Crippen molar-refractivity contribution in [2.75, 3.05) is 17.2 Å². The van der Waals surface area contributed by atoms with E-state index in [1.165, 1.54) is 29.3 Å². The zero-order valence-corrected chi connectivity index (χ0v) is 20.5. The number of rotatable bonds is 7. The number of aldehydes is 1. The van der Waals surface area contributed by atoms with Crippen LogP contribution in [0, 0.1) is 5.82 Å². The van der Waals surface area contributed by atoms with Crippen LogP contribution < -0.4 is 10.6 Å². The lowest BCUT2D eigenvalue weighted by molar-refractivity contribution is -0.119. The highest BCUT2D eigenvalue weighted by molar-refractivity contribution is 6.32. The lowest BCUT2D eigenvalue weighted by atomic mass is 10.0. The molecule has 0 spiro atoms. The molecule has 4 rings (SSSR count). The number of anilines is 2. The predicted molar refractivity (Wildman–Crippen MR) is 138 cm³/mol. The van der Waals surface area contributed by atoms with Crippen LogP contribution >= 0.6 is 0 Å². The highest BCUT2D eigenvalue weighted by Gasteiger charge is 2.34. The van der Waals surface area contributed by atoms with Gasteiger partial charge in [0.15, 0.2) is 6.29 Å². The molecule has 9 heteroatoms. The van der Waals surface area contributed by atoms with E-state index < -0.39 is 23.5 Å². The van der Waals surface area contributed by atoms with E-state index in [1.54, 1.807) is 12.1 Å². The Morgan fingerprint density at radius 3 is 2.38 bits per heavy atom. The van der Waals surface area contributed by atoms with Crippen LogP contribution in [0.15, 0.2) is 60.8 Å². The van der Waals surface area contributed by atoms with E-state index in [9.17, 15) is 23.6 Å². The second kappa shape index (κ2) is 11.1. The Balaban J connectivity index is 1.41. The monoisotopic (exact) mass is 502 g/mol. The lowest BCUT2D eigenvalue weighted by Crippen LogP contribution is -2.45. The molecule has 0 bridgehead atoms. The first kappa shape index (κ1) is 25.7. The summed E-state index contributed by atoms with van der Waals surface area (Å²) in [4.78, 5) is 53.2. The second-order valence-electron chi connectivity index (χ2n) is 9.16. The average molecular weight is 503 g/mol. The Hall–Kier alpha value is -4.40. The maximum Gasteiger partial charge on any atom is 0.322 e. The fraction of sp³-hybridized carbons (Fsp3) is 0.250. The molecule has 0 saturated carbocycles. The largest absolute Gasteiger partial charge is 0.322 e. The van der Waals surface area contributed by atoms with E-state index in [0.717, 1.165) is 5.56 Å². The number of hydrogen-bond donors (Lipinski definition) is 2. The van der Waals surface area contributed by atoms with Crippen LogP contribution in [0.4, 0.5) is 20.6 Å². The number of pyridine rings is 1. The van der Waals surface area contributed by atoms with Crippen LogP contribution in [0.1, 0.15) is 48.7 Å². The Kier molecular flexibility index (Phi) is 7.71. The van der Waals surface area contributed by atoms with Gasteiger partial charge in [-0.3, -0.25) is 19.4 Å². The molecular weight excluding hydrogens is 475 g/mol. The molecule has 1 atom stereocenters. The van der Waals surface area contributed by atoms with Crippen molar-refractivity contribution in [2.24, 2.45) is 0 Å². The van der Waals surface area contributed by atoms with Crippen molar-refractivity contribution in [3.63, 3.8) is 0 Å². The third-order valence-electron chi connectivity index (χ3n) is 6.33. The van der Waals surface area contributed by atoms with E-state index in [2.05, 4.69) is 29.5 Å². The van der Waals surface area contributed by atoms with E-state index in [0.29, 0.717) is 42.1 Å². The maximum absolute atomic E-state index is 14.8. The second-order valence-corrected chi connectivity index (χ2v) is 9.16. The Morgan fingerprint density at radius 2 is 1.76 bits per heavy atom. The van der Waals surface area contributed by atoms with Crippen LogP contribution in [0.3, 0.4) is 0 Å². The molecule has 0 aliphatic carbocycles. The fourth-order valence-corrected chi connectivity index (χ4v) is 4.21. The van der Waals surface area contributed by atoms with Gasteiger partial charge in [0.25, 0.3) is 0 Å². The molecule has 37 heavy (non-hydrogen) atoms. The smallest absolute Gasteiger partial charge is 0.322 e. The third-order valence-corrected chi connectivity index (χ3v) is 6.33. The number of nitrogens with zero attached hydrogens (tertiary/aromatic N) is 2. The molecule has 2 aromatic carbocycles. The fourth-order valence-electron chi connectivity index (χ4n) is 4.21. The van der Waals surface area contributed by atoms with Crippen molar-refractivity contribution in [3.05, 3.63) is 77.9 Å². The molecular formula is C28H27FN4O4.